The van der Waals surface area contributed by atoms with Gasteiger partial charge in [-0.25, -0.2) is 0 Å². The molecule has 8 heteroatoms. The summed E-state index contributed by atoms with van der Waals surface area (Å²) in [5.41, 5.74) is 1.16. The summed E-state index contributed by atoms with van der Waals surface area (Å²) in [5, 5.41) is 13.4. The van der Waals surface area contributed by atoms with Crippen molar-refractivity contribution in [3.63, 3.8) is 0 Å². The van der Waals surface area contributed by atoms with Crippen LogP contribution in [0, 0.1) is 0 Å². The van der Waals surface area contributed by atoms with E-state index in [-0.39, 0.29) is 0 Å². The van der Waals surface area contributed by atoms with Crippen LogP contribution in [0.3, 0.4) is 0 Å². The Hall–Kier alpha value is -2.61. The van der Waals surface area contributed by atoms with E-state index in [2.05, 4.69) is 15.3 Å². The molecule has 1 aliphatic rings. The molecule has 0 bridgehead atoms. The van der Waals surface area contributed by atoms with E-state index < -0.39 is 11.7 Å². The number of nitrogens with zero attached hydrogens (tertiary/aromatic N) is 4. The molecule has 0 N–H and O–H groups in total. The molecule has 0 saturated carbocycles. The molecule has 1 aliphatic heterocycles. The van der Waals surface area contributed by atoms with Crippen LogP contribution in [0.5, 0.6) is 0 Å². The zero-order chi connectivity index (χ0) is 17.4. The van der Waals surface area contributed by atoms with Gasteiger partial charge in [-0.1, -0.05) is 54.2 Å². The third-order valence-corrected chi connectivity index (χ3v) is 4.66. The lowest BCUT2D eigenvalue weighted by molar-refractivity contribution is -0.137. The Labute approximate surface area is 145 Å². The highest BCUT2D eigenvalue weighted by atomic mass is 32.2. The highest BCUT2D eigenvalue weighted by molar-refractivity contribution is 7.99. The molecule has 3 aromatic rings. The van der Waals surface area contributed by atoms with Gasteiger partial charge >= 0.3 is 6.18 Å². The Morgan fingerprint density at radius 1 is 0.920 bits per heavy atom. The second kappa shape index (κ2) is 6.03. The maximum Gasteiger partial charge on any atom is 0.416 e. The zero-order valence-electron chi connectivity index (χ0n) is 12.7. The fraction of sp³-hybridized carbons (Fsp3) is 0.118. The largest absolute Gasteiger partial charge is 0.416 e. The van der Waals surface area contributed by atoms with E-state index >= 15 is 0 Å². The van der Waals surface area contributed by atoms with Gasteiger partial charge < -0.3 is 0 Å². The van der Waals surface area contributed by atoms with Gasteiger partial charge in [0.1, 0.15) is 0 Å². The lowest BCUT2D eigenvalue weighted by Gasteiger charge is -2.15. The minimum absolute atomic E-state index is 0.439. The summed E-state index contributed by atoms with van der Waals surface area (Å²) in [4.78, 5) is 0. The van der Waals surface area contributed by atoms with Crippen LogP contribution >= 0.6 is 11.8 Å². The number of alkyl halides is 3. The van der Waals surface area contributed by atoms with E-state index in [1.54, 1.807) is 10.7 Å². The Kier molecular flexibility index (Phi) is 3.84. The molecule has 0 spiro atoms. The van der Waals surface area contributed by atoms with E-state index in [9.17, 15) is 13.2 Å². The Morgan fingerprint density at radius 3 is 2.44 bits per heavy atom. The molecule has 0 fully saturated rings. The lowest BCUT2D eigenvalue weighted by atomic mass is 10.1. The van der Waals surface area contributed by atoms with Crippen molar-refractivity contribution in [1.29, 1.82) is 0 Å². The van der Waals surface area contributed by atoms with Crippen LogP contribution in [0.15, 0.2) is 64.9 Å². The number of fused-ring (bicyclic) bond motifs is 1. The van der Waals surface area contributed by atoms with Crippen LogP contribution in [0.1, 0.15) is 11.1 Å². The van der Waals surface area contributed by atoms with Crippen molar-refractivity contribution in [3.8, 4) is 11.4 Å². The van der Waals surface area contributed by atoms with E-state index in [4.69, 9.17) is 0 Å². The van der Waals surface area contributed by atoms with Gasteiger partial charge in [0.15, 0.2) is 5.82 Å². The second-order valence-electron chi connectivity index (χ2n) is 5.40. The number of benzene rings is 2. The Morgan fingerprint density at radius 2 is 1.68 bits per heavy atom. The summed E-state index contributed by atoms with van der Waals surface area (Å²) >= 11 is 1.40. The van der Waals surface area contributed by atoms with Crippen LogP contribution in [-0.2, 0) is 6.18 Å². The molecule has 0 saturated heterocycles. The molecular weight excluding hydrogens is 349 g/mol. The number of aromatic nitrogens is 3. The van der Waals surface area contributed by atoms with Gasteiger partial charge in [-0.05, 0) is 17.7 Å². The quantitative estimate of drug-likeness (QED) is 0.683. The first kappa shape index (κ1) is 15.9. The Balaban J connectivity index is 1.77. The molecule has 2 aromatic carbocycles. The van der Waals surface area contributed by atoms with Crippen LogP contribution in [-0.4, -0.2) is 26.3 Å². The maximum absolute atomic E-state index is 12.9. The number of rotatable bonds is 2. The molecule has 1 aromatic heterocycles. The molecule has 0 radical (unpaired) electrons. The number of hydrogen-bond acceptors (Lipinski definition) is 4. The van der Waals surface area contributed by atoms with Gasteiger partial charge in [-0.2, -0.15) is 22.9 Å². The molecule has 4 nitrogen and oxygen atoms in total. The minimum Gasteiger partial charge on any atom is -0.187 e. The van der Waals surface area contributed by atoms with Crippen LogP contribution < -0.4 is 0 Å². The van der Waals surface area contributed by atoms with Crippen molar-refractivity contribution >= 4 is 17.5 Å². The normalized spacial score (nSPS) is 14.1. The highest BCUT2D eigenvalue weighted by Crippen LogP contribution is 2.32. The van der Waals surface area contributed by atoms with Crippen molar-refractivity contribution in [3.05, 3.63) is 65.7 Å². The SMILES string of the molecule is FC(F)(F)c1cccc(C2=Nn3c(nnc3-c3ccccc3)SC2)c1. The summed E-state index contributed by atoms with van der Waals surface area (Å²) in [6.07, 6.45) is -4.38. The van der Waals surface area contributed by atoms with Crippen molar-refractivity contribution in [2.45, 2.75) is 11.3 Å². The van der Waals surface area contributed by atoms with Gasteiger partial charge in [0.25, 0.3) is 0 Å². The molecule has 0 amide bonds. The van der Waals surface area contributed by atoms with E-state index in [0.717, 1.165) is 17.7 Å². The molecule has 25 heavy (non-hydrogen) atoms. The first-order valence-corrected chi connectivity index (χ1v) is 8.40. The van der Waals surface area contributed by atoms with E-state index in [1.807, 2.05) is 30.3 Å². The number of halogens is 3. The predicted octanol–water partition coefficient (Wildman–Crippen LogP) is 4.32. The lowest BCUT2D eigenvalue weighted by Crippen LogP contribution is -2.15. The molecule has 0 aliphatic carbocycles. The second-order valence-corrected chi connectivity index (χ2v) is 6.34. The third kappa shape index (κ3) is 3.05. The number of thioether (sulfide) groups is 1. The summed E-state index contributed by atoms with van der Waals surface area (Å²) in [5.74, 6) is 1.00. The standard InChI is InChI=1S/C17H11F3N4S/c18-17(19,20)13-8-4-7-12(9-13)14-10-25-16-22-21-15(24(16)23-14)11-5-2-1-3-6-11/h1-9H,10H2. The molecular formula is C17H11F3N4S. The first-order chi connectivity index (χ1) is 12.0. The molecule has 0 atom stereocenters. The van der Waals surface area contributed by atoms with Gasteiger partial charge in [0, 0.05) is 11.3 Å². The van der Waals surface area contributed by atoms with Gasteiger partial charge in [0.2, 0.25) is 5.16 Å². The van der Waals surface area contributed by atoms with E-state index in [0.29, 0.717) is 28.0 Å². The van der Waals surface area contributed by atoms with Crippen LogP contribution in [0.4, 0.5) is 13.2 Å². The van der Waals surface area contributed by atoms with Crippen molar-refractivity contribution in [1.82, 2.24) is 14.9 Å². The fourth-order valence-electron chi connectivity index (χ4n) is 2.51. The first-order valence-electron chi connectivity index (χ1n) is 7.41. The zero-order valence-corrected chi connectivity index (χ0v) is 13.6. The highest BCUT2D eigenvalue weighted by Gasteiger charge is 2.31. The smallest absolute Gasteiger partial charge is 0.187 e. The van der Waals surface area contributed by atoms with Crippen molar-refractivity contribution in [2.75, 3.05) is 5.75 Å². The van der Waals surface area contributed by atoms with Gasteiger partial charge in [0.05, 0.1) is 11.3 Å². The number of hydrogen-bond donors (Lipinski definition) is 0. The third-order valence-electron chi connectivity index (χ3n) is 3.73. The van der Waals surface area contributed by atoms with Crippen LogP contribution in [0.25, 0.3) is 11.4 Å². The average Bonchev–Trinajstić information content (AvgIpc) is 3.05. The van der Waals surface area contributed by atoms with Crippen molar-refractivity contribution in [2.24, 2.45) is 5.10 Å². The van der Waals surface area contributed by atoms with Crippen LogP contribution in [0.2, 0.25) is 0 Å². The molecule has 0 unspecified atom stereocenters. The minimum atomic E-state index is -4.38. The monoisotopic (exact) mass is 360 g/mol. The summed E-state index contributed by atoms with van der Waals surface area (Å²) in [6, 6.07) is 14.6. The maximum atomic E-state index is 12.9. The van der Waals surface area contributed by atoms with Gasteiger partial charge in [-0.3, -0.25) is 0 Å². The molecule has 4 rings (SSSR count). The van der Waals surface area contributed by atoms with Crippen molar-refractivity contribution < 1.29 is 13.2 Å². The average molecular weight is 360 g/mol. The summed E-state index contributed by atoms with van der Waals surface area (Å²) in [7, 11) is 0. The Bertz CT molecular complexity index is 948. The molecule has 126 valence electrons. The topological polar surface area (TPSA) is 43.1 Å². The summed E-state index contributed by atoms with van der Waals surface area (Å²) in [6.45, 7) is 0. The summed E-state index contributed by atoms with van der Waals surface area (Å²) < 4.78 is 40.4. The predicted molar refractivity (Wildman–Crippen MR) is 89.6 cm³/mol. The molecule has 2 heterocycles. The van der Waals surface area contributed by atoms with E-state index in [1.165, 1.54) is 17.8 Å². The fourth-order valence-corrected chi connectivity index (χ4v) is 3.35. The van der Waals surface area contributed by atoms with Gasteiger partial charge in [-0.15, -0.1) is 10.2 Å².